The number of hydrogen-bond donors (Lipinski definition) is 1. The van der Waals surface area contributed by atoms with Gasteiger partial charge in [-0.3, -0.25) is 9.10 Å². The summed E-state index contributed by atoms with van der Waals surface area (Å²) in [5.41, 5.74) is 2.28. The van der Waals surface area contributed by atoms with E-state index >= 15 is 0 Å². The molecular weight excluding hydrogens is 404 g/mol. The van der Waals surface area contributed by atoms with Crippen molar-refractivity contribution in [3.05, 3.63) is 53.6 Å². The number of hydrogen-bond acceptors (Lipinski definition) is 5. The van der Waals surface area contributed by atoms with E-state index in [9.17, 15) is 13.2 Å². The predicted molar refractivity (Wildman–Crippen MR) is 119 cm³/mol. The lowest BCUT2D eigenvalue weighted by molar-refractivity contribution is -0.122. The highest BCUT2D eigenvalue weighted by atomic mass is 32.2. The van der Waals surface area contributed by atoms with Gasteiger partial charge in [-0.25, -0.2) is 8.42 Å². The van der Waals surface area contributed by atoms with E-state index in [-0.39, 0.29) is 11.9 Å². The van der Waals surface area contributed by atoms with Crippen molar-refractivity contribution < 1.29 is 22.7 Å². The fourth-order valence-corrected chi connectivity index (χ4v) is 4.48. The maximum absolute atomic E-state index is 13.1. The van der Waals surface area contributed by atoms with Crippen LogP contribution >= 0.6 is 0 Å². The molecule has 30 heavy (non-hydrogen) atoms. The first kappa shape index (κ1) is 23.5. The Hall–Kier alpha value is -2.74. The summed E-state index contributed by atoms with van der Waals surface area (Å²) in [6, 6.07) is 11.2. The summed E-state index contributed by atoms with van der Waals surface area (Å²) >= 11 is 0. The van der Waals surface area contributed by atoms with Crippen LogP contribution in [0.4, 0.5) is 5.69 Å². The molecule has 0 saturated heterocycles. The molecule has 1 N–H and O–H groups in total. The molecule has 7 nitrogen and oxygen atoms in total. The molecule has 0 radical (unpaired) electrons. The van der Waals surface area contributed by atoms with Gasteiger partial charge in [0.25, 0.3) is 0 Å². The minimum Gasteiger partial charge on any atom is -0.493 e. The number of amides is 1. The van der Waals surface area contributed by atoms with Crippen LogP contribution in [0.15, 0.2) is 42.5 Å². The molecule has 2 rings (SSSR count). The van der Waals surface area contributed by atoms with Crippen molar-refractivity contribution in [3.8, 4) is 11.5 Å². The summed E-state index contributed by atoms with van der Waals surface area (Å²) in [7, 11) is -0.571. The number of rotatable bonds is 9. The lowest BCUT2D eigenvalue weighted by Gasteiger charge is -2.31. The van der Waals surface area contributed by atoms with Gasteiger partial charge in [0.2, 0.25) is 15.9 Å². The van der Waals surface area contributed by atoms with Gasteiger partial charge in [0.05, 0.1) is 32.2 Å². The Morgan fingerprint density at radius 3 is 2.17 bits per heavy atom. The van der Waals surface area contributed by atoms with E-state index in [4.69, 9.17) is 9.47 Å². The van der Waals surface area contributed by atoms with Crippen molar-refractivity contribution in [2.24, 2.45) is 0 Å². The van der Waals surface area contributed by atoms with Crippen LogP contribution in [0.5, 0.6) is 11.5 Å². The van der Waals surface area contributed by atoms with Crippen molar-refractivity contribution in [2.45, 2.75) is 39.3 Å². The van der Waals surface area contributed by atoms with Crippen molar-refractivity contribution in [1.29, 1.82) is 0 Å². The van der Waals surface area contributed by atoms with E-state index < -0.39 is 16.1 Å². The molecule has 2 atom stereocenters. The Labute approximate surface area is 179 Å². The summed E-state index contributed by atoms with van der Waals surface area (Å²) in [6.45, 7) is 5.55. The number of nitrogens with one attached hydrogen (secondary N) is 1. The molecule has 0 spiro atoms. The predicted octanol–water partition coefficient (Wildman–Crippen LogP) is 3.43. The molecule has 2 aromatic rings. The zero-order valence-electron chi connectivity index (χ0n) is 18.3. The van der Waals surface area contributed by atoms with Crippen molar-refractivity contribution in [2.75, 3.05) is 24.8 Å². The molecule has 0 heterocycles. The summed E-state index contributed by atoms with van der Waals surface area (Å²) < 4.78 is 36.9. The van der Waals surface area contributed by atoms with Gasteiger partial charge < -0.3 is 14.8 Å². The number of ether oxygens (including phenoxy) is 2. The summed E-state index contributed by atoms with van der Waals surface area (Å²) in [6.07, 6.45) is 1.44. The molecule has 0 bridgehead atoms. The number of methoxy groups -OCH3 is 2. The first-order valence-corrected chi connectivity index (χ1v) is 11.6. The molecular formula is C22H30N2O5S. The van der Waals surface area contributed by atoms with Crippen molar-refractivity contribution in [3.63, 3.8) is 0 Å². The van der Waals surface area contributed by atoms with Gasteiger partial charge in [-0.1, -0.05) is 30.7 Å². The van der Waals surface area contributed by atoms with Crippen molar-refractivity contribution >= 4 is 21.6 Å². The average molecular weight is 435 g/mol. The third-order valence-electron chi connectivity index (χ3n) is 4.88. The highest BCUT2D eigenvalue weighted by Crippen LogP contribution is 2.30. The van der Waals surface area contributed by atoms with E-state index in [1.807, 2.05) is 32.0 Å². The summed E-state index contributed by atoms with van der Waals surface area (Å²) in [4.78, 5) is 13.1. The van der Waals surface area contributed by atoms with Crippen LogP contribution in [0, 0.1) is 6.92 Å². The fourth-order valence-electron chi connectivity index (χ4n) is 3.27. The lowest BCUT2D eigenvalue weighted by Crippen LogP contribution is -2.49. The minimum absolute atomic E-state index is 0.325. The second-order valence-electron chi connectivity index (χ2n) is 7.16. The third kappa shape index (κ3) is 5.44. The molecule has 0 aliphatic rings. The quantitative estimate of drug-likeness (QED) is 0.654. The van der Waals surface area contributed by atoms with Crippen LogP contribution in [-0.2, 0) is 14.8 Å². The number of carbonyl (C=O) groups is 1. The number of aryl methyl sites for hydroxylation is 1. The molecule has 0 fully saturated rings. The Morgan fingerprint density at radius 2 is 1.67 bits per heavy atom. The van der Waals surface area contributed by atoms with Gasteiger partial charge in [-0.2, -0.15) is 0 Å². The van der Waals surface area contributed by atoms with Gasteiger partial charge in [0.1, 0.15) is 6.04 Å². The van der Waals surface area contributed by atoms with E-state index in [1.165, 1.54) is 4.31 Å². The molecule has 164 valence electrons. The molecule has 2 unspecified atom stereocenters. The SMILES string of the molecule is CCC(C(=O)NC(C)c1ccc(OC)c(OC)c1)N(c1ccc(C)cc1)S(C)(=O)=O. The Kier molecular flexibility index (Phi) is 7.72. The van der Waals surface area contributed by atoms with Crippen LogP contribution in [0.2, 0.25) is 0 Å². The topological polar surface area (TPSA) is 84.9 Å². The fraction of sp³-hybridized carbons (Fsp3) is 0.409. The first-order valence-electron chi connectivity index (χ1n) is 9.70. The highest BCUT2D eigenvalue weighted by Gasteiger charge is 2.32. The number of anilines is 1. The molecule has 8 heteroatoms. The van der Waals surface area contributed by atoms with E-state index in [1.54, 1.807) is 45.4 Å². The van der Waals surface area contributed by atoms with Crippen LogP contribution in [0.3, 0.4) is 0 Å². The summed E-state index contributed by atoms with van der Waals surface area (Å²) in [5.74, 6) is 0.778. The maximum Gasteiger partial charge on any atom is 0.244 e. The Balaban J connectivity index is 2.30. The monoisotopic (exact) mass is 434 g/mol. The second-order valence-corrected chi connectivity index (χ2v) is 9.02. The van der Waals surface area contributed by atoms with Crippen LogP contribution < -0.4 is 19.1 Å². The maximum atomic E-state index is 13.1. The largest absolute Gasteiger partial charge is 0.493 e. The van der Waals surface area contributed by atoms with Gasteiger partial charge in [-0.15, -0.1) is 0 Å². The zero-order chi connectivity index (χ0) is 22.5. The van der Waals surface area contributed by atoms with Crippen LogP contribution in [0.25, 0.3) is 0 Å². The molecule has 0 saturated carbocycles. The standard InChI is InChI=1S/C22H30N2O5S/c1-7-19(24(30(6,26)27)18-11-8-15(2)9-12-18)22(25)23-16(3)17-10-13-20(28-4)21(14-17)29-5/h8-14,16,19H,7H2,1-6H3,(H,23,25). The van der Waals surface area contributed by atoms with Gasteiger partial charge >= 0.3 is 0 Å². The van der Waals surface area contributed by atoms with Crippen LogP contribution in [-0.4, -0.2) is 40.8 Å². The third-order valence-corrected chi connectivity index (χ3v) is 6.06. The minimum atomic E-state index is -3.67. The van der Waals surface area contributed by atoms with Crippen molar-refractivity contribution in [1.82, 2.24) is 5.32 Å². The second kappa shape index (κ2) is 9.84. The first-order chi connectivity index (χ1) is 14.1. The average Bonchev–Trinajstić information content (AvgIpc) is 2.71. The van der Waals surface area contributed by atoms with E-state index in [0.717, 1.165) is 17.4 Å². The van der Waals surface area contributed by atoms with Gasteiger partial charge in [0.15, 0.2) is 11.5 Å². The Bertz CT molecular complexity index is 974. The summed E-state index contributed by atoms with van der Waals surface area (Å²) in [5, 5.41) is 2.93. The molecule has 0 aliphatic carbocycles. The molecule has 2 aromatic carbocycles. The molecule has 1 amide bonds. The van der Waals surface area contributed by atoms with Gasteiger partial charge in [-0.05, 0) is 50.1 Å². The van der Waals surface area contributed by atoms with E-state index in [0.29, 0.717) is 23.6 Å². The zero-order valence-corrected chi connectivity index (χ0v) is 19.1. The molecule has 0 aromatic heterocycles. The molecule has 0 aliphatic heterocycles. The number of sulfonamides is 1. The smallest absolute Gasteiger partial charge is 0.244 e. The number of benzene rings is 2. The Morgan fingerprint density at radius 1 is 1.07 bits per heavy atom. The number of carbonyl (C=O) groups excluding carboxylic acids is 1. The lowest BCUT2D eigenvalue weighted by atomic mass is 10.1. The highest BCUT2D eigenvalue weighted by molar-refractivity contribution is 7.92. The van der Waals surface area contributed by atoms with E-state index in [2.05, 4.69) is 5.32 Å². The van der Waals surface area contributed by atoms with Crippen LogP contribution in [0.1, 0.15) is 37.4 Å². The van der Waals surface area contributed by atoms with Gasteiger partial charge in [0, 0.05) is 0 Å². The normalized spacial score (nSPS) is 13.3. The number of nitrogens with zero attached hydrogens (tertiary/aromatic N) is 1.